The monoisotopic (exact) mass is 345 g/mol. The molecule has 1 N–H and O–H groups in total. The van der Waals surface area contributed by atoms with Gasteiger partial charge in [-0.1, -0.05) is 19.1 Å². The Morgan fingerprint density at radius 1 is 1.20 bits per heavy atom. The van der Waals surface area contributed by atoms with Gasteiger partial charge in [0.25, 0.3) is 0 Å². The van der Waals surface area contributed by atoms with Crippen molar-refractivity contribution in [1.82, 2.24) is 5.32 Å². The van der Waals surface area contributed by atoms with Crippen LogP contribution in [0.25, 0.3) is 0 Å². The number of benzene rings is 1. The molecule has 1 aliphatic rings. The van der Waals surface area contributed by atoms with Crippen LogP contribution in [0.5, 0.6) is 0 Å². The molecule has 1 aromatic rings. The van der Waals surface area contributed by atoms with E-state index in [4.69, 9.17) is 4.74 Å². The van der Waals surface area contributed by atoms with Crippen LogP contribution >= 0.6 is 0 Å². The summed E-state index contributed by atoms with van der Waals surface area (Å²) in [5.41, 5.74) is 2.48. The third-order valence-corrected chi connectivity index (χ3v) is 4.42. The Balaban J connectivity index is 2.28. The standard InChI is InChI=1S/C19H27N3O3/c1-5-12-25-18(23)16-13(4)20-19(24)21-17(16)14-8-10-15(11-9-14)22(6-2)7-3/h8-11,16-17H,5-7,12H2,1-4H3,(H,21,24). The predicted octanol–water partition coefficient (Wildman–Crippen LogP) is 3.33. The second kappa shape index (κ2) is 8.65. The molecule has 2 atom stereocenters. The van der Waals surface area contributed by atoms with E-state index in [0.717, 1.165) is 30.8 Å². The lowest BCUT2D eigenvalue weighted by Crippen LogP contribution is -2.44. The third-order valence-electron chi connectivity index (χ3n) is 4.42. The van der Waals surface area contributed by atoms with Gasteiger partial charge in [-0.25, -0.2) is 9.79 Å². The van der Waals surface area contributed by atoms with E-state index >= 15 is 0 Å². The van der Waals surface area contributed by atoms with Crippen molar-refractivity contribution < 1.29 is 14.3 Å². The molecule has 0 spiro atoms. The highest BCUT2D eigenvalue weighted by Crippen LogP contribution is 2.29. The molecule has 0 saturated carbocycles. The van der Waals surface area contributed by atoms with Crippen LogP contribution < -0.4 is 10.2 Å². The number of urea groups is 1. The van der Waals surface area contributed by atoms with Crippen molar-refractivity contribution in [3.8, 4) is 0 Å². The minimum atomic E-state index is -0.594. The van der Waals surface area contributed by atoms with Gasteiger partial charge in [0.1, 0.15) is 5.92 Å². The first-order valence-electron chi connectivity index (χ1n) is 8.89. The number of amides is 2. The van der Waals surface area contributed by atoms with Gasteiger partial charge in [0, 0.05) is 24.5 Å². The molecule has 0 radical (unpaired) electrons. The normalized spacial score (nSPS) is 19.8. The molecular weight excluding hydrogens is 318 g/mol. The van der Waals surface area contributed by atoms with Gasteiger partial charge >= 0.3 is 12.0 Å². The Labute approximate surface area is 149 Å². The number of hydrogen-bond acceptors (Lipinski definition) is 4. The quantitative estimate of drug-likeness (QED) is 0.770. The zero-order valence-corrected chi connectivity index (χ0v) is 15.4. The van der Waals surface area contributed by atoms with Crippen molar-refractivity contribution in [3.63, 3.8) is 0 Å². The number of rotatable bonds is 7. The Hall–Kier alpha value is -2.37. The lowest BCUT2D eigenvalue weighted by atomic mass is 9.88. The van der Waals surface area contributed by atoms with Gasteiger partial charge in [-0.05, 0) is 44.9 Å². The molecule has 0 saturated heterocycles. The third kappa shape index (κ3) is 4.38. The molecule has 1 heterocycles. The predicted molar refractivity (Wildman–Crippen MR) is 99.1 cm³/mol. The summed E-state index contributed by atoms with van der Waals surface area (Å²) in [7, 11) is 0. The fraction of sp³-hybridized carbons (Fsp3) is 0.526. The van der Waals surface area contributed by atoms with E-state index < -0.39 is 18.0 Å². The molecule has 25 heavy (non-hydrogen) atoms. The smallest absolute Gasteiger partial charge is 0.341 e. The van der Waals surface area contributed by atoms with Gasteiger partial charge in [0.15, 0.2) is 0 Å². The van der Waals surface area contributed by atoms with Crippen molar-refractivity contribution in [2.24, 2.45) is 10.9 Å². The number of esters is 1. The van der Waals surface area contributed by atoms with E-state index in [2.05, 4.69) is 29.1 Å². The topological polar surface area (TPSA) is 71.0 Å². The van der Waals surface area contributed by atoms with Crippen LogP contribution in [0, 0.1) is 5.92 Å². The van der Waals surface area contributed by atoms with Gasteiger partial charge in [-0.15, -0.1) is 0 Å². The van der Waals surface area contributed by atoms with Crippen LogP contribution in [0.15, 0.2) is 29.3 Å². The van der Waals surface area contributed by atoms with Gasteiger partial charge in [0.2, 0.25) is 0 Å². The summed E-state index contributed by atoms with van der Waals surface area (Å²) in [5, 5.41) is 2.81. The highest BCUT2D eigenvalue weighted by molar-refractivity contribution is 6.08. The summed E-state index contributed by atoms with van der Waals surface area (Å²) in [6.07, 6.45) is 0.754. The van der Waals surface area contributed by atoms with Crippen molar-refractivity contribution in [2.45, 2.75) is 40.2 Å². The Morgan fingerprint density at radius 3 is 2.40 bits per heavy atom. The molecule has 2 rings (SSSR count). The lowest BCUT2D eigenvalue weighted by molar-refractivity contribution is -0.147. The van der Waals surface area contributed by atoms with Crippen LogP contribution in [-0.4, -0.2) is 37.4 Å². The van der Waals surface area contributed by atoms with Gasteiger partial charge in [-0.2, -0.15) is 0 Å². The number of aliphatic imine (C=N–C) groups is 1. The molecule has 1 aromatic carbocycles. The van der Waals surface area contributed by atoms with Gasteiger partial charge < -0.3 is 15.0 Å². The van der Waals surface area contributed by atoms with Crippen LogP contribution in [-0.2, 0) is 9.53 Å². The summed E-state index contributed by atoms with van der Waals surface area (Å²) in [5.74, 6) is -0.940. The van der Waals surface area contributed by atoms with Gasteiger partial charge in [0.05, 0.1) is 12.6 Å². The zero-order chi connectivity index (χ0) is 18.4. The number of hydrogen-bond donors (Lipinski definition) is 1. The minimum Gasteiger partial charge on any atom is -0.465 e. The average Bonchev–Trinajstić information content (AvgIpc) is 2.60. The fourth-order valence-corrected chi connectivity index (χ4v) is 3.08. The molecule has 0 aliphatic carbocycles. The van der Waals surface area contributed by atoms with E-state index in [1.807, 2.05) is 31.2 Å². The molecule has 6 nitrogen and oxygen atoms in total. The number of ether oxygens (including phenoxy) is 1. The second-order valence-electron chi connectivity index (χ2n) is 6.09. The molecule has 6 heteroatoms. The minimum absolute atomic E-state index is 0.346. The first-order chi connectivity index (χ1) is 12.0. The molecule has 2 unspecified atom stereocenters. The maximum atomic E-state index is 12.5. The van der Waals surface area contributed by atoms with E-state index in [1.165, 1.54) is 0 Å². The highest BCUT2D eigenvalue weighted by atomic mass is 16.5. The SMILES string of the molecule is CCCOC(=O)C1C(C)=NC(=O)NC1c1ccc(N(CC)CC)cc1. The van der Waals surface area contributed by atoms with E-state index in [-0.39, 0.29) is 5.97 Å². The maximum Gasteiger partial charge on any atom is 0.341 e. The Morgan fingerprint density at radius 2 is 1.84 bits per heavy atom. The van der Waals surface area contributed by atoms with Crippen molar-refractivity contribution in [2.75, 3.05) is 24.6 Å². The maximum absolute atomic E-state index is 12.5. The Kier molecular flexibility index (Phi) is 6.56. The molecule has 1 aliphatic heterocycles. The fourth-order valence-electron chi connectivity index (χ4n) is 3.08. The zero-order valence-electron chi connectivity index (χ0n) is 15.4. The first kappa shape index (κ1) is 19.0. The second-order valence-corrected chi connectivity index (χ2v) is 6.09. The summed E-state index contributed by atoms with van der Waals surface area (Å²) >= 11 is 0. The molecular formula is C19H27N3O3. The summed E-state index contributed by atoms with van der Waals surface area (Å²) in [4.78, 5) is 30.4. The largest absolute Gasteiger partial charge is 0.465 e. The molecule has 2 amide bonds. The van der Waals surface area contributed by atoms with Crippen molar-refractivity contribution in [3.05, 3.63) is 29.8 Å². The molecule has 0 fully saturated rings. The molecule has 136 valence electrons. The van der Waals surface area contributed by atoms with Crippen LogP contribution in [0.3, 0.4) is 0 Å². The lowest BCUT2D eigenvalue weighted by Gasteiger charge is -2.30. The van der Waals surface area contributed by atoms with Crippen LogP contribution in [0.2, 0.25) is 0 Å². The van der Waals surface area contributed by atoms with Crippen molar-refractivity contribution >= 4 is 23.4 Å². The number of carbonyl (C=O) groups is 2. The Bertz CT molecular complexity index is 636. The van der Waals surface area contributed by atoms with E-state index in [1.54, 1.807) is 6.92 Å². The number of nitrogens with zero attached hydrogens (tertiary/aromatic N) is 2. The number of carbonyl (C=O) groups excluding carboxylic acids is 2. The number of nitrogens with one attached hydrogen (secondary N) is 1. The summed E-state index contributed by atoms with van der Waals surface area (Å²) in [6.45, 7) is 10.1. The summed E-state index contributed by atoms with van der Waals surface area (Å²) in [6, 6.07) is 7.07. The molecule has 0 aromatic heterocycles. The van der Waals surface area contributed by atoms with Crippen LogP contribution in [0.4, 0.5) is 10.5 Å². The highest BCUT2D eigenvalue weighted by Gasteiger charge is 2.37. The summed E-state index contributed by atoms with van der Waals surface area (Å²) < 4.78 is 5.31. The van der Waals surface area contributed by atoms with Crippen molar-refractivity contribution in [1.29, 1.82) is 0 Å². The average molecular weight is 345 g/mol. The van der Waals surface area contributed by atoms with E-state index in [9.17, 15) is 9.59 Å². The number of anilines is 1. The van der Waals surface area contributed by atoms with E-state index in [0.29, 0.717) is 12.3 Å². The first-order valence-corrected chi connectivity index (χ1v) is 8.89. The molecule has 0 bridgehead atoms. The van der Waals surface area contributed by atoms with Gasteiger partial charge in [-0.3, -0.25) is 4.79 Å². The van der Waals surface area contributed by atoms with Crippen LogP contribution in [0.1, 0.15) is 45.7 Å².